The monoisotopic (exact) mass is 382 g/mol. The predicted molar refractivity (Wildman–Crippen MR) is 110 cm³/mol. The number of benzene rings is 2. The lowest BCUT2D eigenvalue weighted by atomic mass is 10.2. The molecule has 1 unspecified atom stereocenters. The van der Waals surface area contributed by atoms with Crippen molar-refractivity contribution >= 4 is 22.9 Å². The Bertz CT molecular complexity index is 936. The van der Waals surface area contributed by atoms with Crippen molar-refractivity contribution in [2.24, 2.45) is 0 Å². The molecule has 0 saturated carbocycles. The Morgan fingerprint density at radius 3 is 2.86 bits per heavy atom. The Morgan fingerprint density at radius 2 is 2.07 bits per heavy atom. The number of aliphatic hydroxyl groups is 1. The molecule has 0 aliphatic heterocycles. The van der Waals surface area contributed by atoms with Gasteiger partial charge in [-0.15, -0.1) is 0 Å². The Labute approximate surface area is 164 Å². The van der Waals surface area contributed by atoms with Crippen LogP contribution in [-0.4, -0.2) is 46.4 Å². The number of para-hydroxylation sites is 2. The molecule has 1 amide bonds. The van der Waals surface area contributed by atoms with E-state index in [2.05, 4.69) is 15.6 Å². The number of rotatable bonds is 9. The van der Waals surface area contributed by atoms with Gasteiger partial charge in [0.1, 0.15) is 18.9 Å². The van der Waals surface area contributed by atoms with Crippen LogP contribution in [0.25, 0.3) is 11.0 Å². The molecule has 1 heterocycles. The second-order valence-corrected chi connectivity index (χ2v) is 6.76. The average molecular weight is 382 g/mol. The molecule has 0 fully saturated rings. The minimum atomic E-state index is -0.513. The van der Waals surface area contributed by atoms with E-state index in [4.69, 9.17) is 4.74 Å². The number of hydrogen-bond donors (Lipinski definition) is 3. The number of aromatic nitrogens is 2. The van der Waals surface area contributed by atoms with Crippen LogP contribution in [0.4, 0.5) is 5.95 Å². The highest BCUT2D eigenvalue weighted by Gasteiger charge is 2.13. The molecule has 148 valence electrons. The zero-order valence-corrected chi connectivity index (χ0v) is 16.2. The maximum atomic E-state index is 12.4. The van der Waals surface area contributed by atoms with Crippen LogP contribution in [0.1, 0.15) is 12.5 Å². The molecular formula is C21H26N4O3. The summed E-state index contributed by atoms with van der Waals surface area (Å²) in [4.78, 5) is 16.9. The maximum Gasteiger partial charge on any atom is 0.240 e. The largest absolute Gasteiger partial charge is 0.492 e. The molecule has 1 aromatic heterocycles. The molecular weight excluding hydrogens is 356 g/mol. The molecule has 7 heteroatoms. The van der Waals surface area contributed by atoms with E-state index in [0.717, 1.165) is 22.3 Å². The second kappa shape index (κ2) is 9.23. The smallest absolute Gasteiger partial charge is 0.240 e. The summed E-state index contributed by atoms with van der Waals surface area (Å²) in [5, 5.41) is 15.5. The molecule has 0 bridgehead atoms. The zero-order valence-electron chi connectivity index (χ0n) is 16.2. The molecule has 3 aromatic rings. The third-order valence-electron chi connectivity index (χ3n) is 4.19. The number of carbonyl (C=O) groups excluding carboxylic acids is 1. The number of amides is 1. The topological polar surface area (TPSA) is 88.4 Å². The summed E-state index contributed by atoms with van der Waals surface area (Å²) in [6.45, 7) is 5.00. The van der Waals surface area contributed by atoms with Crippen LogP contribution in [0.15, 0.2) is 48.5 Å². The first-order chi connectivity index (χ1) is 13.5. The first-order valence-corrected chi connectivity index (χ1v) is 9.36. The summed E-state index contributed by atoms with van der Waals surface area (Å²) in [7, 11) is 0. The predicted octanol–water partition coefficient (Wildman–Crippen LogP) is 2.33. The van der Waals surface area contributed by atoms with Gasteiger partial charge in [0.15, 0.2) is 0 Å². The fourth-order valence-corrected chi connectivity index (χ4v) is 2.87. The summed E-state index contributed by atoms with van der Waals surface area (Å²) in [5.74, 6) is 1.23. The van der Waals surface area contributed by atoms with Crippen LogP contribution in [0.2, 0.25) is 0 Å². The number of aliphatic hydroxyl groups excluding tert-OH is 1. The van der Waals surface area contributed by atoms with Gasteiger partial charge in [0.05, 0.1) is 23.7 Å². The van der Waals surface area contributed by atoms with Crippen molar-refractivity contribution in [3.05, 3.63) is 54.1 Å². The van der Waals surface area contributed by atoms with Crippen molar-refractivity contribution in [2.75, 3.05) is 25.0 Å². The summed E-state index contributed by atoms with van der Waals surface area (Å²) >= 11 is 0. The van der Waals surface area contributed by atoms with E-state index in [-0.39, 0.29) is 12.5 Å². The number of fused-ring (bicyclic) bond motifs is 1. The fourth-order valence-electron chi connectivity index (χ4n) is 2.87. The number of anilines is 1. The second-order valence-electron chi connectivity index (χ2n) is 6.76. The summed E-state index contributed by atoms with van der Waals surface area (Å²) < 4.78 is 7.47. The van der Waals surface area contributed by atoms with Crippen LogP contribution >= 0.6 is 0 Å². The quantitative estimate of drug-likeness (QED) is 0.495. The Balaban J connectivity index is 1.58. The van der Waals surface area contributed by atoms with Gasteiger partial charge in [0.25, 0.3) is 0 Å². The molecule has 2 aromatic carbocycles. The van der Waals surface area contributed by atoms with Crippen LogP contribution in [0, 0.1) is 6.92 Å². The maximum absolute atomic E-state index is 12.4. The molecule has 0 saturated heterocycles. The van der Waals surface area contributed by atoms with Crippen LogP contribution in [0.5, 0.6) is 5.75 Å². The van der Waals surface area contributed by atoms with Crippen LogP contribution in [0.3, 0.4) is 0 Å². The third-order valence-corrected chi connectivity index (χ3v) is 4.19. The van der Waals surface area contributed by atoms with Crippen molar-refractivity contribution in [2.45, 2.75) is 26.5 Å². The first kappa shape index (κ1) is 19.7. The van der Waals surface area contributed by atoms with Crippen molar-refractivity contribution in [3.8, 4) is 5.75 Å². The molecule has 0 radical (unpaired) electrons. The van der Waals surface area contributed by atoms with Gasteiger partial charge in [-0.3, -0.25) is 4.79 Å². The number of ether oxygens (including phenoxy) is 1. The van der Waals surface area contributed by atoms with E-state index in [1.807, 2.05) is 60.0 Å². The standard InChI is InChI=1S/C21H26N4O3/c1-15-6-5-7-17(12-15)28-11-10-22-20(27)14-25-19-9-4-3-8-18(19)24-21(25)23-13-16(2)26/h3-9,12,16,26H,10-11,13-14H2,1-2H3,(H,22,27)(H,23,24). The highest BCUT2D eigenvalue weighted by atomic mass is 16.5. The lowest BCUT2D eigenvalue weighted by Crippen LogP contribution is -2.31. The number of nitrogens with one attached hydrogen (secondary N) is 2. The Kier molecular flexibility index (Phi) is 6.49. The molecule has 0 spiro atoms. The fraction of sp³-hybridized carbons (Fsp3) is 0.333. The number of carbonyl (C=O) groups is 1. The van der Waals surface area contributed by atoms with Crippen LogP contribution in [-0.2, 0) is 11.3 Å². The lowest BCUT2D eigenvalue weighted by Gasteiger charge is -2.12. The summed E-state index contributed by atoms with van der Waals surface area (Å²) in [6.07, 6.45) is -0.513. The number of imidazole rings is 1. The number of nitrogens with zero attached hydrogens (tertiary/aromatic N) is 2. The van der Waals surface area contributed by atoms with Gasteiger partial charge in [-0.2, -0.15) is 0 Å². The normalized spacial score (nSPS) is 12.0. The van der Waals surface area contributed by atoms with E-state index < -0.39 is 6.10 Å². The molecule has 7 nitrogen and oxygen atoms in total. The minimum Gasteiger partial charge on any atom is -0.492 e. The van der Waals surface area contributed by atoms with Crippen molar-refractivity contribution < 1.29 is 14.6 Å². The minimum absolute atomic E-state index is 0.129. The average Bonchev–Trinajstić information content (AvgIpc) is 3.01. The molecule has 0 aliphatic rings. The lowest BCUT2D eigenvalue weighted by molar-refractivity contribution is -0.121. The van der Waals surface area contributed by atoms with Gasteiger partial charge in [0.2, 0.25) is 11.9 Å². The van der Waals surface area contributed by atoms with Gasteiger partial charge in [0, 0.05) is 6.54 Å². The van der Waals surface area contributed by atoms with Gasteiger partial charge in [-0.05, 0) is 43.7 Å². The molecule has 3 N–H and O–H groups in total. The van der Waals surface area contributed by atoms with E-state index >= 15 is 0 Å². The van der Waals surface area contributed by atoms with Gasteiger partial charge in [-0.25, -0.2) is 4.98 Å². The molecule has 3 rings (SSSR count). The van der Waals surface area contributed by atoms with Crippen molar-refractivity contribution in [3.63, 3.8) is 0 Å². The van der Waals surface area contributed by atoms with Gasteiger partial charge < -0.3 is 25.0 Å². The zero-order chi connectivity index (χ0) is 19.9. The SMILES string of the molecule is Cc1cccc(OCCNC(=O)Cn2c(NCC(C)O)nc3ccccc32)c1. The summed E-state index contributed by atoms with van der Waals surface area (Å²) in [5.41, 5.74) is 2.79. The van der Waals surface area contributed by atoms with Crippen molar-refractivity contribution in [1.82, 2.24) is 14.9 Å². The molecule has 28 heavy (non-hydrogen) atoms. The van der Waals surface area contributed by atoms with E-state index in [9.17, 15) is 9.90 Å². The molecule has 1 atom stereocenters. The van der Waals surface area contributed by atoms with Gasteiger partial charge in [-0.1, -0.05) is 24.3 Å². The first-order valence-electron chi connectivity index (χ1n) is 9.36. The third kappa shape index (κ3) is 5.23. The summed E-state index contributed by atoms with van der Waals surface area (Å²) in [6, 6.07) is 15.4. The Hall–Kier alpha value is -3.06. The number of aryl methyl sites for hydroxylation is 1. The van der Waals surface area contributed by atoms with Gasteiger partial charge >= 0.3 is 0 Å². The van der Waals surface area contributed by atoms with E-state index in [0.29, 0.717) is 25.6 Å². The van der Waals surface area contributed by atoms with E-state index in [1.165, 1.54) is 0 Å². The van der Waals surface area contributed by atoms with E-state index in [1.54, 1.807) is 6.92 Å². The Morgan fingerprint density at radius 1 is 1.25 bits per heavy atom. The number of hydrogen-bond acceptors (Lipinski definition) is 5. The van der Waals surface area contributed by atoms with Crippen LogP contribution < -0.4 is 15.4 Å². The highest BCUT2D eigenvalue weighted by molar-refractivity contribution is 5.83. The molecule has 0 aliphatic carbocycles. The highest BCUT2D eigenvalue weighted by Crippen LogP contribution is 2.19. The van der Waals surface area contributed by atoms with Crippen molar-refractivity contribution in [1.29, 1.82) is 0 Å².